The van der Waals surface area contributed by atoms with E-state index in [1.165, 1.54) is 15.3 Å². The fourth-order valence-corrected chi connectivity index (χ4v) is 5.39. The minimum absolute atomic E-state index is 0.0263. The van der Waals surface area contributed by atoms with Crippen molar-refractivity contribution in [3.05, 3.63) is 50.4 Å². The number of hydrazone groups is 1. The van der Waals surface area contributed by atoms with Crippen molar-refractivity contribution in [1.82, 2.24) is 5.01 Å². The Labute approximate surface area is 150 Å². The zero-order chi connectivity index (χ0) is 16.7. The lowest BCUT2D eigenvalue weighted by molar-refractivity contribution is -0.131. The van der Waals surface area contributed by atoms with Gasteiger partial charge in [-0.2, -0.15) is 5.10 Å². The minimum Gasteiger partial charge on any atom is -0.273 e. The monoisotopic (exact) mass is 356 g/mol. The van der Waals surface area contributed by atoms with Crippen LogP contribution in [0.5, 0.6) is 0 Å². The summed E-state index contributed by atoms with van der Waals surface area (Å²) in [5, 5.41) is 10.7. The van der Waals surface area contributed by atoms with Crippen LogP contribution in [0.1, 0.15) is 42.5 Å². The number of carbonyl (C=O) groups is 1. The number of hydrogen-bond acceptors (Lipinski definition) is 4. The molecule has 0 unspecified atom stereocenters. The highest BCUT2D eigenvalue weighted by Crippen LogP contribution is 2.47. The third kappa shape index (κ3) is 2.76. The van der Waals surface area contributed by atoms with Gasteiger partial charge in [-0.15, -0.1) is 22.7 Å². The van der Waals surface area contributed by atoms with Gasteiger partial charge >= 0.3 is 0 Å². The number of carbonyl (C=O) groups excluding carboxylic acids is 1. The van der Waals surface area contributed by atoms with Gasteiger partial charge < -0.3 is 0 Å². The van der Waals surface area contributed by atoms with Crippen molar-refractivity contribution >= 4 is 40.4 Å². The van der Waals surface area contributed by atoms with E-state index in [1.807, 2.05) is 0 Å². The fourth-order valence-electron chi connectivity index (χ4n) is 3.83. The minimum atomic E-state index is 0.0263. The molecular weight excluding hydrogens is 336 g/mol. The predicted octanol–water partition coefficient (Wildman–Crippen LogP) is 5.20. The van der Waals surface area contributed by atoms with E-state index in [-0.39, 0.29) is 11.9 Å². The van der Waals surface area contributed by atoms with Crippen LogP contribution in [0.3, 0.4) is 0 Å². The number of fused-ring (bicyclic) bond motifs is 1. The standard InChI is InChI=1S/C19H20N2OS2/c1-12-9-14(11-15-5-3-7-23-15)18-16(10-12)19(17-6-4-8-24-17)21(20-18)13(2)22/h3-8,11-12,16,19H,9-10H2,1-2H3/b14-11+/t12-,16+,19-/m0/s1. The summed E-state index contributed by atoms with van der Waals surface area (Å²) in [6, 6.07) is 8.47. The smallest absolute Gasteiger partial charge is 0.240 e. The van der Waals surface area contributed by atoms with Crippen LogP contribution in [0.2, 0.25) is 0 Å². The highest BCUT2D eigenvalue weighted by atomic mass is 32.1. The SMILES string of the molecule is CC(=O)N1N=C2/C(=C/c3cccs3)C[C@H](C)C[C@H]2[C@H]1c1cccs1. The largest absolute Gasteiger partial charge is 0.273 e. The van der Waals surface area contributed by atoms with E-state index in [9.17, 15) is 4.79 Å². The second-order valence-corrected chi connectivity index (χ2v) is 8.60. The van der Waals surface area contributed by atoms with E-state index in [4.69, 9.17) is 5.10 Å². The van der Waals surface area contributed by atoms with Gasteiger partial charge in [-0.05, 0) is 53.3 Å². The number of amides is 1. The molecule has 1 fully saturated rings. The summed E-state index contributed by atoms with van der Waals surface area (Å²) < 4.78 is 0. The fraction of sp³-hybridized carbons (Fsp3) is 0.368. The van der Waals surface area contributed by atoms with Crippen molar-refractivity contribution < 1.29 is 4.79 Å². The molecule has 1 saturated carbocycles. The first-order chi connectivity index (χ1) is 11.6. The van der Waals surface area contributed by atoms with Crippen LogP contribution in [0.15, 0.2) is 45.7 Å². The zero-order valence-corrected chi connectivity index (χ0v) is 15.4. The summed E-state index contributed by atoms with van der Waals surface area (Å²) in [6.07, 6.45) is 4.39. The highest BCUT2D eigenvalue weighted by Gasteiger charge is 2.44. The van der Waals surface area contributed by atoms with Crippen LogP contribution in [-0.4, -0.2) is 16.6 Å². The van der Waals surface area contributed by atoms with E-state index >= 15 is 0 Å². The van der Waals surface area contributed by atoms with Gasteiger partial charge in [-0.3, -0.25) is 4.79 Å². The Kier molecular flexibility index (Phi) is 4.14. The summed E-state index contributed by atoms with van der Waals surface area (Å²) in [5.41, 5.74) is 2.42. The maximum absolute atomic E-state index is 12.2. The number of thiophene rings is 2. The quantitative estimate of drug-likeness (QED) is 0.728. The lowest BCUT2D eigenvalue weighted by Crippen LogP contribution is -2.31. The molecule has 0 saturated heterocycles. The van der Waals surface area contributed by atoms with Gasteiger partial charge in [0.1, 0.15) is 0 Å². The molecule has 1 aliphatic heterocycles. The molecule has 0 aromatic carbocycles. The molecule has 0 N–H and O–H groups in total. The molecule has 124 valence electrons. The van der Waals surface area contributed by atoms with Gasteiger partial charge in [0.25, 0.3) is 0 Å². The van der Waals surface area contributed by atoms with E-state index in [0.29, 0.717) is 11.8 Å². The first-order valence-corrected chi connectivity index (χ1v) is 10.1. The van der Waals surface area contributed by atoms with E-state index < -0.39 is 0 Å². The molecule has 0 radical (unpaired) electrons. The number of rotatable bonds is 2. The average Bonchev–Trinajstić information content (AvgIpc) is 3.26. The van der Waals surface area contributed by atoms with Gasteiger partial charge in [0.05, 0.1) is 11.8 Å². The van der Waals surface area contributed by atoms with Crippen LogP contribution in [0, 0.1) is 11.8 Å². The molecule has 3 nitrogen and oxygen atoms in total. The Morgan fingerprint density at radius 2 is 2.08 bits per heavy atom. The lowest BCUT2D eigenvalue weighted by Gasteiger charge is -2.31. The van der Waals surface area contributed by atoms with Gasteiger partial charge in [0.15, 0.2) is 0 Å². The van der Waals surface area contributed by atoms with Crippen molar-refractivity contribution in [2.45, 2.75) is 32.7 Å². The van der Waals surface area contributed by atoms with Crippen molar-refractivity contribution in [3.63, 3.8) is 0 Å². The normalized spacial score (nSPS) is 28.1. The van der Waals surface area contributed by atoms with Gasteiger partial charge in [-0.1, -0.05) is 19.1 Å². The topological polar surface area (TPSA) is 32.7 Å². The Morgan fingerprint density at radius 1 is 1.29 bits per heavy atom. The molecule has 5 heteroatoms. The number of allylic oxidation sites excluding steroid dienone is 1. The summed E-state index contributed by atoms with van der Waals surface area (Å²) in [5.74, 6) is 0.940. The van der Waals surface area contributed by atoms with Crippen molar-refractivity contribution in [1.29, 1.82) is 0 Å². The molecule has 0 spiro atoms. The molecule has 2 aromatic heterocycles. The molecular formula is C19H20N2OS2. The van der Waals surface area contributed by atoms with Gasteiger partial charge in [0.2, 0.25) is 5.91 Å². The first-order valence-electron chi connectivity index (χ1n) is 8.29. The molecule has 2 aliphatic rings. The number of hydrogen-bond donors (Lipinski definition) is 0. The van der Waals surface area contributed by atoms with Crippen molar-refractivity contribution in [2.75, 3.05) is 0 Å². The van der Waals surface area contributed by atoms with E-state index in [0.717, 1.165) is 18.6 Å². The lowest BCUT2D eigenvalue weighted by atomic mass is 9.74. The third-order valence-electron chi connectivity index (χ3n) is 4.78. The van der Waals surface area contributed by atoms with Crippen LogP contribution >= 0.6 is 22.7 Å². The summed E-state index contributed by atoms with van der Waals surface area (Å²) in [7, 11) is 0. The second-order valence-electron chi connectivity index (χ2n) is 6.65. The molecule has 1 amide bonds. The first kappa shape index (κ1) is 15.8. The van der Waals surface area contributed by atoms with Crippen LogP contribution in [0.25, 0.3) is 6.08 Å². The summed E-state index contributed by atoms with van der Waals surface area (Å²) in [4.78, 5) is 14.7. The Bertz CT molecular complexity index is 789. The van der Waals surface area contributed by atoms with Gasteiger partial charge in [-0.25, -0.2) is 5.01 Å². The Hall–Kier alpha value is -1.72. The molecule has 3 atom stereocenters. The summed E-state index contributed by atoms with van der Waals surface area (Å²) in [6.45, 7) is 3.93. The van der Waals surface area contributed by atoms with E-state index in [1.54, 1.807) is 34.6 Å². The Morgan fingerprint density at radius 3 is 2.75 bits per heavy atom. The van der Waals surface area contributed by atoms with Crippen LogP contribution < -0.4 is 0 Å². The Balaban J connectivity index is 1.77. The van der Waals surface area contributed by atoms with Crippen LogP contribution in [0.4, 0.5) is 0 Å². The molecule has 3 heterocycles. The van der Waals surface area contributed by atoms with E-state index in [2.05, 4.69) is 48.0 Å². The predicted molar refractivity (Wildman–Crippen MR) is 101 cm³/mol. The summed E-state index contributed by atoms with van der Waals surface area (Å²) >= 11 is 3.47. The van der Waals surface area contributed by atoms with Crippen molar-refractivity contribution in [3.8, 4) is 0 Å². The molecule has 0 bridgehead atoms. The average molecular weight is 357 g/mol. The molecule has 2 aromatic rings. The van der Waals surface area contributed by atoms with Crippen LogP contribution in [-0.2, 0) is 4.79 Å². The molecule has 4 rings (SSSR count). The maximum atomic E-state index is 12.2. The van der Waals surface area contributed by atoms with Gasteiger partial charge in [0, 0.05) is 22.6 Å². The van der Waals surface area contributed by atoms with Crippen molar-refractivity contribution in [2.24, 2.45) is 16.9 Å². The number of nitrogens with zero attached hydrogens (tertiary/aromatic N) is 2. The highest BCUT2D eigenvalue weighted by molar-refractivity contribution is 7.11. The molecule has 24 heavy (non-hydrogen) atoms. The third-order valence-corrected chi connectivity index (χ3v) is 6.54. The second kappa shape index (κ2) is 6.30. The zero-order valence-electron chi connectivity index (χ0n) is 13.8. The maximum Gasteiger partial charge on any atom is 0.240 e. The molecule has 1 aliphatic carbocycles.